The van der Waals surface area contributed by atoms with E-state index in [1.54, 1.807) is 12.1 Å². The first-order chi connectivity index (χ1) is 7.79. The fourth-order valence-electron chi connectivity index (χ4n) is 1.77. The summed E-state index contributed by atoms with van der Waals surface area (Å²) in [4.78, 5) is 4.25. The zero-order chi connectivity index (χ0) is 11.1. The van der Waals surface area contributed by atoms with Crippen LogP contribution in [0.5, 0.6) is 0 Å². The summed E-state index contributed by atoms with van der Waals surface area (Å²) in [5, 5.41) is 8.87. The lowest BCUT2D eigenvalue weighted by Gasteiger charge is -2.11. The van der Waals surface area contributed by atoms with Crippen LogP contribution in [0.15, 0.2) is 36.4 Å². The van der Waals surface area contributed by atoms with E-state index in [-0.39, 0.29) is 0 Å². The molecule has 0 fully saturated rings. The number of fused-ring (bicyclic) bond motifs is 1. The van der Waals surface area contributed by atoms with Crippen molar-refractivity contribution in [2.24, 2.45) is 0 Å². The maximum Gasteiger partial charge on any atom is 0.205 e. The Hall–Kier alpha value is -2.54. The monoisotopic (exact) mass is 208 g/mol. The summed E-state index contributed by atoms with van der Waals surface area (Å²) in [5.41, 5.74) is 9.12. The molecule has 76 valence electrons. The number of benzene rings is 1. The first-order valence-electron chi connectivity index (χ1n) is 4.86. The first kappa shape index (κ1) is 8.74. The number of aromatic nitrogens is 2. The van der Waals surface area contributed by atoms with Gasteiger partial charge in [-0.2, -0.15) is 5.26 Å². The number of nitrogens with two attached hydrogens (primary N) is 1. The number of nitrogens with zero attached hydrogens (tertiary/aromatic N) is 3. The molecule has 1 aromatic heterocycles. The molecule has 1 aliphatic carbocycles. The van der Waals surface area contributed by atoms with Crippen LogP contribution < -0.4 is 5.73 Å². The van der Waals surface area contributed by atoms with Crippen molar-refractivity contribution in [2.45, 2.75) is 0 Å². The number of nitrogen functional groups attached to an aromatic ring is 1. The van der Waals surface area contributed by atoms with Crippen LogP contribution in [0.3, 0.4) is 0 Å². The molecule has 2 aromatic rings. The van der Waals surface area contributed by atoms with E-state index >= 15 is 0 Å². The van der Waals surface area contributed by atoms with Gasteiger partial charge in [0, 0.05) is 5.70 Å². The third kappa shape index (κ3) is 1.06. The lowest BCUT2D eigenvalue weighted by atomic mass is 10.2. The van der Waals surface area contributed by atoms with E-state index in [1.807, 2.05) is 28.9 Å². The van der Waals surface area contributed by atoms with Crippen LogP contribution in [-0.2, 0) is 0 Å². The van der Waals surface area contributed by atoms with Crippen LogP contribution in [-0.4, -0.2) is 9.55 Å². The molecule has 0 bridgehead atoms. The number of imidazole rings is 1. The molecule has 0 spiro atoms. The summed E-state index contributed by atoms with van der Waals surface area (Å²) in [6.45, 7) is 0. The summed E-state index contributed by atoms with van der Waals surface area (Å²) in [7, 11) is 0. The molecular weight excluding hydrogens is 200 g/mol. The number of allylic oxidation sites excluding steroid dienone is 4. The highest BCUT2D eigenvalue weighted by molar-refractivity contribution is 5.87. The second-order valence-electron chi connectivity index (χ2n) is 3.57. The number of anilines is 1. The molecule has 1 heterocycles. The third-order valence-electron chi connectivity index (χ3n) is 2.60. The van der Waals surface area contributed by atoms with Gasteiger partial charge in [-0.25, -0.2) is 4.98 Å². The zero-order valence-corrected chi connectivity index (χ0v) is 8.38. The molecule has 0 unspecified atom stereocenters. The average Bonchev–Trinajstić information content (AvgIpc) is 2.53. The highest BCUT2D eigenvalue weighted by Gasteiger charge is 2.12. The van der Waals surface area contributed by atoms with Crippen molar-refractivity contribution in [3.05, 3.63) is 42.0 Å². The van der Waals surface area contributed by atoms with Crippen molar-refractivity contribution in [3.8, 4) is 6.07 Å². The standard InChI is InChI=1S/C12H8N4/c13-7-8-4-5-10-11(6-8)16(12(14)15-10)9-2-1-3-9/h1-6H,(H2,14,15). The summed E-state index contributed by atoms with van der Waals surface area (Å²) in [5.74, 6) is 0.445. The Morgan fingerprint density at radius 1 is 1.38 bits per heavy atom. The molecule has 0 aliphatic heterocycles. The van der Waals surface area contributed by atoms with E-state index < -0.39 is 0 Å². The maximum absolute atomic E-state index is 8.87. The first-order valence-corrected chi connectivity index (χ1v) is 4.86. The van der Waals surface area contributed by atoms with Gasteiger partial charge in [-0.05, 0) is 30.4 Å². The van der Waals surface area contributed by atoms with Gasteiger partial charge in [-0.1, -0.05) is 6.08 Å². The van der Waals surface area contributed by atoms with E-state index in [1.165, 1.54) is 0 Å². The number of hydrogen-bond donors (Lipinski definition) is 1. The smallest absolute Gasteiger partial charge is 0.205 e. The topological polar surface area (TPSA) is 67.6 Å². The maximum atomic E-state index is 8.87. The Bertz CT molecular complexity index is 683. The fourth-order valence-corrected chi connectivity index (χ4v) is 1.77. The van der Waals surface area contributed by atoms with Crippen molar-refractivity contribution < 1.29 is 0 Å². The molecule has 0 atom stereocenters. The van der Waals surface area contributed by atoms with E-state index in [9.17, 15) is 0 Å². The Balaban J connectivity index is 2.33. The number of hydrogen-bond acceptors (Lipinski definition) is 3. The van der Waals surface area contributed by atoms with Gasteiger partial charge in [0.05, 0.1) is 22.7 Å². The molecule has 0 saturated carbocycles. The van der Waals surface area contributed by atoms with Gasteiger partial charge in [-0.15, -0.1) is 0 Å². The van der Waals surface area contributed by atoms with Crippen LogP contribution >= 0.6 is 0 Å². The minimum atomic E-state index is 0.445. The summed E-state index contributed by atoms with van der Waals surface area (Å²) >= 11 is 0. The molecule has 16 heavy (non-hydrogen) atoms. The average molecular weight is 208 g/mol. The van der Waals surface area contributed by atoms with Gasteiger partial charge in [0.1, 0.15) is 0 Å². The van der Waals surface area contributed by atoms with Crippen molar-refractivity contribution in [1.82, 2.24) is 9.55 Å². The van der Waals surface area contributed by atoms with Crippen molar-refractivity contribution in [2.75, 3.05) is 5.73 Å². The number of nitriles is 1. The van der Waals surface area contributed by atoms with Crippen LogP contribution in [0.25, 0.3) is 16.7 Å². The Kier molecular flexibility index (Phi) is 1.62. The van der Waals surface area contributed by atoms with Crippen LogP contribution in [0, 0.1) is 11.3 Å². The minimum Gasteiger partial charge on any atom is -0.369 e. The van der Waals surface area contributed by atoms with Crippen LogP contribution in [0.1, 0.15) is 5.56 Å². The Morgan fingerprint density at radius 3 is 2.81 bits per heavy atom. The van der Waals surface area contributed by atoms with Crippen molar-refractivity contribution >= 4 is 22.7 Å². The van der Waals surface area contributed by atoms with Gasteiger partial charge in [0.25, 0.3) is 0 Å². The fraction of sp³-hybridized carbons (Fsp3) is 0. The normalized spacial score (nSPS) is 13.3. The van der Waals surface area contributed by atoms with Crippen LogP contribution in [0.2, 0.25) is 0 Å². The lowest BCUT2D eigenvalue weighted by Crippen LogP contribution is -2.03. The molecule has 3 rings (SSSR count). The molecule has 4 heteroatoms. The van der Waals surface area contributed by atoms with Crippen molar-refractivity contribution in [3.63, 3.8) is 0 Å². The largest absolute Gasteiger partial charge is 0.369 e. The predicted molar refractivity (Wildman–Crippen MR) is 62.3 cm³/mol. The SMILES string of the molecule is N#Cc1ccc2nc(N)n(C3=CC=C3)c2c1. The molecule has 0 radical (unpaired) electrons. The molecule has 0 saturated heterocycles. The van der Waals surface area contributed by atoms with E-state index in [4.69, 9.17) is 11.0 Å². The second-order valence-corrected chi connectivity index (χ2v) is 3.57. The summed E-state index contributed by atoms with van der Waals surface area (Å²) in [6.07, 6.45) is 5.85. The van der Waals surface area contributed by atoms with Gasteiger partial charge >= 0.3 is 0 Å². The lowest BCUT2D eigenvalue weighted by molar-refractivity contribution is 1.14. The third-order valence-corrected chi connectivity index (χ3v) is 2.60. The summed E-state index contributed by atoms with van der Waals surface area (Å²) in [6, 6.07) is 7.46. The highest BCUT2D eigenvalue weighted by Crippen LogP contribution is 2.26. The quantitative estimate of drug-likeness (QED) is 0.778. The second kappa shape index (κ2) is 2.97. The molecular formula is C12H8N4. The van der Waals surface area contributed by atoms with Crippen LogP contribution in [0.4, 0.5) is 5.95 Å². The molecule has 0 amide bonds. The van der Waals surface area contributed by atoms with Gasteiger partial charge in [0.15, 0.2) is 0 Å². The molecule has 2 N–H and O–H groups in total. The van der Waals surface area contributed by atoms with Crippen molar-refractivity contribution in [1.29, 1.82) is 5.26 Å². The molecule has 1 aliphatic rings. The van der Waals surface area contributed by atoms with E-state index in [0.29, 0.717) is 11.5 Å². The Morgan fingerprint density at radius 2 is 2.19 bits per heavy atom. The van der Waals surface area contributed by atoms with E-state index in [0.717, 1.165) is 16.7 Å². The molecule has 4 nitrogen and oxygen atoms in total. The number of rotatable bonds is 1. The highest BCUT2D eigenvalue weighted by atomic mass is 15.2. The Labute approximate surface area is 91.9 Å². The van der Waals surface area contributed by atoms with E-state index in [2.05, 4.69) is 11.1 Å². The van der Waals surface area contributed by atoms with Gasteiger partial charge in [-0.3, -0.25) is 4.57 Å². The predicted octanol–water partition coefficient (Wildman–Crippen LogP) is 1.90. The minimum absolute atomic E-state index is 0.445. The van der Waals surface area contributed by atoms with Gasteiger partial charge in [0.2, 0.25) is 5.95 Å². The van der Waals surface area contributed by atoms with Gasteiger partial charge < -0.3 is 5.73 Å². The molecule has 1 aromatic carbocycles. The summed E-state index contributed by atoms with van der Waals surface area (Å²) < 4.78 is 1.84. The zero-order valence-electron chi connectivity index (χ0n) is 8.38.